The van der Waals surface area contributed by atoms with Crippen LogP contribution in [0.4, 0.5) is 0 Å². The normalized spacial score (nSPS) is 20.1. The number of hydrogen-bond donors (Lipinski definition) is 0. The summed E-state index contributed by atoms with van der Waals surface area (Å²) in [5.74, 6) is -1.20. The maximum absolute atomic E-state index is 10.2. The van der Waals surface area contributed by atoms with Gasteiger partial charge in [0.2, 0.25) is 0 Å². The first-order valence-corrected chi connectivity index (χ1v) is 2.51. The Labute approximate surface area is 46.6 Å². The molecule has 0 saturated carbocycles. The smallest absolute Gasteiger partial charge is 0.327 e. The molecule has 0 N–H and O–H groups in total. The van der Waals surface area contributed by atoms with Crippen molar-refractivity contribution in [1.29, 1.82) is 0 Å². The third-order valence-corrected chi connectivity index (χ3v) is 1.18. The second kappa shape index (κ2) is 1.58. The van der Waals surface area contributed by atoms with E-state index in [4.69, 9.17) is 0 Å². The third kappa shape index (κ3) is 0.510. The summed E-state index contributed by atoms with van der Waals surface area (Å²) in [6, 6.07) is 0. The van der Waals surface area contributed by atoms with Crippen LogP contribution < -0.4 is 0 Å². The molecule has 1 saturated heterocycles. The van der Waals surface area contributed by atoms with Crippen LogP contribution in [0.2, 0.25) is 0 Å². The number of carbonyl (C=O) groups excluding carboxylic acids is 2. The zero-order chi connectivity index (χ0) is 6.15. The summed E-state index contributed by atoms with van der Waals surface area (Å²) in [5, 5.41) is 0. The van der Waals surface area contributed by atoms with Gasteiger partial charge in [0.25, 0.3) is 0 Å². The Balaban J connectivity index is 2.52. The molecule has 1 heterocycles. The highest BCUT2D eigenvalue weighted by Crippen LogP contribution is 2.17. The van der Waals surface area contributed by atoms with Crippen molar-refractivity contribution < 1.29 is 14.3 Å². The molecule has 1 fully saturated rings. The van der Waals surface area contributed by atoms with Crippen LogP contribution in [0.5, 0.6) is 0 Å². The first-order valence-electron chi connectivity index (χ1n) is 2.51. The van der Waals surface area contributed by atoms with E-state index in [1.54, 1.807) is 6.92 Å². The predicted octanol–water partition coefficient (Wildman–Crippen LogP) is 0.0960. The Hall–Kier alpha value is -0.860. The van der Waals surface area contributed by atoms with Crippen LogP contribution in [-0.4, -0.2) is 11.9 Å². The summed E-state index contributed by atoms with van der Waals surface area (Å²) in [5.41, 5.74) is 0. The molecule has 1 aliphatic heterocycles. The summed E-state index contributed by atoms with van der Waals surface area (Å²) in [7, 11) is 0. The van der Waals surface area contributed by atoms with E-state index >= 15 is 0 Å². The zero-order valence-electron chi connectivity index (χ0n) is 4.51. The zero-order valence-corrected chi connectivity index (χ0v) is 4.51. The number of cyclic esters (lactones) is 2. The second-order valence-corrected chi connectivity index (χ2v) is 1.70. The van der Waals surface area contributed by atoms with Crippen LogP contribution in [-0.2, 0) is 14.3 Å². The maximum atomic E-state index is 10.2. The van der Waals surface area contributed by atoms with Crippen molar-refractivity contribution in [2.24, 2.45) is 5.92 Å². The van der Waals surface area contributed by atoms with E-state index in [9.17, 15) is 9.59 Å². The molecule has 1 aliphatic rings. The molecule has 3 heteroatoms. The van der Waals surface area contributed by atoms with Gasteiger partial charge in [-0.1, -0.05) is 6.92 Å². The molecule has 0 aromatic heterocycles. The highest BCUT2D eigenvalue weighted by Gasteiger charge is 2.39. The van der Waals surface area contributed by atoms with Crippen LogP contribution >= 0.6 is 0 Å². The summed E-state index contributed by atoms with van der Waals surface area (Å²) in [4.78, 5) is 20.5. The van der Waals surface area contributed by atoms with Crippen LogP contribution in [0.1, 0.15) is 13.3 Å². The minimum absolute atomic E-state index is 0.377. The van der Waals surface area contributed by atoms with Crippen molar-refractivity contribution in [3.05, 3.63) is 0 Å². The van der Waals surface area contributed by atoms with Crippen molar-refractivity contribution >= 4 is 11.9 Å². The van der Waals surface area contributed by atoms with Gasteiger partial charge in [0.15, 0.2) is 5.92 Å². The lowest BCUT2D eigenvalue weighted by Gasteiger charge is -2.19. The molecule has 8 heavy (non-hydrogen) atoms. The SMILES string of the molecule is CCC1C(=O)OC1=O. The molecule has 0 amide bonds. The number of hydrogen-bond acceptors (Lipinski definition) is 3. The quantitative estimate of drug-likeness (QED) is 0.358. The summed E-state index contributed by atoms with van der Waals surface area (Å²) < 4.78 is 4.06. The highest BCUT2D eigenvalue weighted by molar-refractivity contribution is 6.09. The Morgan fingerprint density at radius 1 is 1.50 bits per heavy atom. The van der Waals surface area contributed by atoms with E-state index < -0.39 is 5.92 Å². The van der Waals surface area contributed by atoms with Gasteiger partial charge in [-0.3, -0.25) is 9.59 Å². The van der Waals surface area contributed by atoms with Gasteiger partial charge in [0.1, 0.15) is 0 Å². The molecule has 0 unspecified atom stereocenters. The molecule has 0 radical (unpaired) electrons. The van der Waals surface area contributed by atoms with E-state index in [1.165, 1.54) is 0 Å². The van der Waals surface area contributed by atoms with Gasteiger partial charge < -0.3 is 4.74 Å². The molecule has 0 aromatic carbocycles. The van der Waals surface area contributed by atoms with Crippen LogP contribution in [0, 0.1) is 5.92 Å². The Kier molecular flexibility index (Phi) is 1.04. The van der Waals surface area contributed by atoms with E-state index in [0.717, 1.165) is 0 Å². The van der Waals surface area contributed by atoms with Gasteiger partial charge in [-0.2, -0.15) is 0 Å². The largest absolute Gasteiger partial charge is 0.392 e. The molecule has 0 aromatic rings. The lowest BCUT2D eigenvalue weighted by Crippen LogP contribution is -2.39. The second-order valence-electron chi connectivity index (χ2n) is 1.70. The fourth-order valence-corrected chi connectivity index (χ4v) is 0.613. The molecule has 0 spiro atoms. The maximum Gasteiger partial charge on any atom is 0.327 e. The lowest BCUT2D eigenvalue weighted by molar-refractivity contribution is -0.183. The van der Waals surface area contributed by atoms with Gasteiger partial charge in [-0.15, -0.1) is 0 Å². The summed E-state index contributed by atoms with van der Waals surface area (Å²) >= 11 is 0. The number of rotatable bonds is 1. The van der Waals surface area contributed by atoms with E-state index in [0.29, 0.717) is 6.42 Å². The average molecular weight is 114 g/mol. The topological polar surface area (TPSA) is 43.4 Å². The van der Waals surface area contributed by atoms with Gasteiger partial charge in [-0.05, 0) is 6.42 Å². The van der Waals surface area contributed by atoms with Crippen molar-refractivity contribution in [3.63, 3.8) is 0 Å². The standard InChI is InChI=1S/C5H6O3/c1-2-3-4(6)8-5(3)7/h3H,2H2,1H3. The summed E-state index contributed by atoms with van der Waals surface area (Å²) in [6.45, 7) is 1.78. The number of esters is 2. The molecule has 0 bridgehead atoms. The van der Waals surface area contributed by atoms with Crippen LogP contribution in [0.3, 0.4) is 0 Å². The lowest BCUT2D eigenvalue weighted by atomic mass is 10.0. The Morgan fingerprint density at radius 3 is 2.12 bits per heavy atom. The van der Waals surface area contributed by atoms with Crippen LogP contribution in [0.15, 0.2) is 0 Å². The number of carbonyl (C=O) groups is 2. The van der Waals surface area contributed by atoms with Crippen molar-refractivity contribution in [2.75, 3.05) is 0 Å². The molecule has 3 nitrogen and oxygen atoms in total. The molecule has 0 aliphatic carbocycles. The first-order chi connectivity index (χ1) is 3.75. The van der Waals surface area contributed by atoms with E-state index in [2.05, 4.69) is 4.74 Å². The minimum Gasteiger partial charge on any atom is -0.392 e. The molecular formula is C5H6O3. The van der Waals surface area contributed by atoms with Crippen molar-refractivity contribution in [3.8, 4) is 0 Å². The third-order valence-electron chi connectivity index (χ3n) is 1.18. The van der Waals surface area contributed by atoms with Crippen molar-refractivity contribution in [2.45, 2.75) is 13.3 Å². The first kappa shape index (κ1) is 5.28. The fourth-order valence-electron chi connectivity index (χ4n) is 0.613. The fraction of sp³-hybridized carbons (Fsp3) is 0.600. The van der Waals surface area contributed by atoms with E-state index in [1.807, 2.05) is 0 Å². The number of ether oxygens (including phenoxy) is 1. The van der Waals surface area contributed by atoms with Gasteiger partial charge in [0, 0.05) is 0 Å². The molecular weight excluding hydrogens is 108 g/mol. The van der Waals surface area contributed by atoms with Gasteiger partial charge >= 0.3 is 11.9 Å². The average Bonchev–Trinajstić information content (AvgIpc) is 1.67. The minimum atomic E-state index is -0.449. The van der Waals surface area contributed by atoms with Crippen molar-refractivity contribution in [1.82, 2.24) is 0 Å². The molecule has 0 atom stereocenters. The predicted molar refractivity (Wildman–Crippen MR) is 24.9 cm³/mol. The molecule has 44 valence electrons. The van der Waals surface area contributed by atoms with Gasteiger partial charge in [0.05, 0.1) is 0 Å². The highest BCUT2D eigenvalue weighted by atomic mass is 16.6. The molecule has 1 rings (SSSR count). The van der Waals surface area contributed by atoms with Crippen LogP contribution in [0.25, 0.3) is 0 Å². The Morgan fingerprint density at radius 2 is 2.00 bits per heavy atom. The summed E-state index contributed by atoms with van der Waals surface area (Å²) in [6.07, 6.45) is 0.567. The monoisotopic (exact) mass is 114 g/mol. The van der Waals surface area contributed by atoms with E-state index in [-0.39, 0.29) is 11.9 Å². The Bertz CT molecular complexity index is 125. The van der Waals surface area contributed by atoms with Gasteiger partial charge in [-0.25, -0.2) is 0 Å².